The molecule has 1 aromatic carbocycles. The van der Waals surface area contributed by atoms with E-state index in [2.05, 4.69) is 10.3 Å². The number of hydrogen-bond acceptors (Lipinski definition) is 3. The summed E-state index contributed by atoms with van der Waals surface area (Å²) in [4.78, 5) is 15.2. The Morgan fingerprint density at radius 1 is 1.22 bits per heavy atom. The Morgan fingerprint density at radius 2 is 2.06 bits per heavy atom. The number of aromatic amines is 1. The minimum absolute atomic E-state index is 0.0500. The molecule has 1 aliphatic heterocycles. The predicted octanol–water partition coefficient (Wildman–Crippen LogP) is 1.47. The van der Waals surface area contributed by atoms with Crippen molar-refractivity contribution in [3.05, 3.63) is 23.4 Å². The lowest BCUT2D eigenvalue weighted by atomic mass is 10.0. The van der Waals surface area contributed by atoms with Crippen LogP contribution >= 0.6 is 0 Å². The van der Waals surface area contributed by atoms with Crippen LogP contribution in [0.25, 0.3) is 10.9 Å². The first-order chi connectivity index (χ1) is 8.74. The Balaban J connectivity index is 2.35. The number of hydrogen-bond donors (Lipinski definition) is 2. The van der Waals surface area contributed by atoms with Crippen LogP contribution in [-0.4, -0.2) is 31.7 Å². The topological polar surface area (TPSA) is 63.4 Å². The van der Waals surface area contributed by atoms with Gasteiger partial charge in [-0.1, -0.05) is 0 Å². The molecule has 1 amide bonds. The fourth-order valence-corrected chi connectivity index (χ4v) is 2.43. The number of rotatable bonds is 2. The molecule has 0 fully saturated rings. The summed E-state index contributed by atoms with van der Waals surface area (Å²) < 4.78 is 10.6. The first kappa shape index (κ1) is 11.0. The van der Waals surface area contributed by atoms with Gasteiger partial charge < -0.3 is 19.8 Å². The Morgan fingerprint density at radius 3 is 2.78 bits per heavy atom. The molecular weight excluding hydrogens is 232 g/mol. The van der Waals surface area contributed by atoms with Gasteiger partial charge in [-0.25, -0.2) is 0 Å². The van der Waals surface area contributed by atoms with Crippen LogP contribution < -0.4 is 14.8 Å². The fraction of sp³-hybridized carbons (Fsp3) is 0.308. The maximum Gasteiger partial charge on any atom is 0.253 e. The van der Waals surface area contributed by atoms with Gasteiger partial charge in [-0.05, 0) is 0 Å². The third kappa shape index (κ3) is 1.44. The van der Waals surface area contributed by atoms with Gasteiger partial charge in [-0.3, -0.25) is 4.79 Å². The minimum Gasteiger partial charge on any atom is -0.497 e. The Bertz CT molecular complexity index is 631. The van der Waals surface area contributed by atoms with Crippen LogP contribution in [0.15, 0.2) is 12.1 Å². The SMILES string of the molecule is COc1cc(OC)c2c3c([nH]c2c1)CCNC3=O. The summed E-state index contributed by atoms with van der Waals surface area (Å²) in [5.74, 6) is 1.31. The molecule has 1 aliphatic rings. The molecule has 5 nitrogen and oxygen atoms in total. The van der Waals surface area contributed by atoms with Crippen molar-refractivity contribution in [2.75, 3.05) is 20.8 Å². The van der Waals surface area contributed by atoms with Gasteiger partial charge in [0.2, 0.25) is 0 Å². The summed E-state index contributed by atoms with van der Waals surface area (Å²) in [6, 6.07) is 3.67. The van der Waals surface area contributed by atoms with Crippen LogP contribution in [0.3, 0.4) is 0 Å². The van der Waals surface area contributed by atoms with Gasteiger partial charge in [-0.15, -0.1) is 0 Å². The van der Waals surface area contributed by atoms with Gasteiger partial charge >= 0.3 is 0 Å². The lowest BCUT2D eigenvalue weighted by Gasteiger charge is -2.13. The standard InChI is InChI=1S/C13H14N2O3/c1-17-7-5-9-11(10(6-7)18-2)12-8(15-9)3-4-14-13(12)16/h5-6,15H,3-4H2,1-2H3,(H,14,16). The molecule has 18 heavy (non-hydrogen) atoms. The Hall–Kier alpha value is -2.17. The van der Waals surface area contributed by atoms with Crippen molar-refractivity contribution in [3.63, 3.8) is 0 Å². The van der Waals surface area contributed by atoms with E-state index in [-0.39, 0.29) is 5.91 Å². The van der Waals surface area contributed by atoms with E-state index in [0.29, 0.717) is 23.6 Å². The summed E-state index contributed by atoms with van der Waals surface area (Å²) in [6.45, 7) is 0.665. The first-order valence-corrected chi connectivity index (χ1v) is 5.79. The van der Waals surface area contributed by atoms with Crippen LogP contribution in [-0.2, 0) is 6.42 Å². The van der Waals surface area contributed by atoms with Crippen molar-refractivity contribution in [2.24, 2.45) is 0 Å². The highest BCUT2D eigenvalue weighted by Gasteiger charge is 2.24. The average Bonchev–Trinajstić information content (AvgIpc) is 2.76. The second kappa shape index (κ2) is 3.94. The smallest absolute Gasteiger partial charge is 0.253 e. The van der Waals surface area contributed by atoms with Crippen molar-refractivity contribution in [1.29, 1.82) is 0 Å². The number of nitrogens with one attached hydrogen (secondary N) is 2. The van der Waals surface area contributed by atoms with E-state index in [0.717, 1.165) is 23.0 Å². The Kier molecular flexibility index (Phi) is 2.40. The number of benzene rings is 1. The van der Waals surface area contributed by atoms with E-state index in [4.69, 9.17) is 9.47 Å². The molecule has 0 atom stereocenters. The monoisotopic (exact) mass is 246 g/mol. The number of amides is 1. The van der Waals surface area contributed by atoms with E-state index in [1.54, 1.807) is 20.3 Å². The second-order valence-electron chi connectivity index (χ2n) is 4.24. The average molecular weight is 246 g/mol. The van der Waals surface area contributed by atoms with Crippen LogP contribution in [0.2, 0.25) is 0 Å². The van der Waals surface area contributed by atoms with Crippen LogP contribution in [0.5, 0.6) is 11.5 Å². The molecular formula is C13H14N2O3. The molecule has 2 aromatic rings. The molecule has 0 saturated carbocycles. The highest BCUT2D eigenvalue weighted by molar-refractivity contribution is 6.11. The van der Waals surface area contributed by atoms with Gasteiger partial charge in [0.05, 0.1) is 30.7 Å². The molecule has 0 saturated heterocycles. The number of fused-ring (bicyclic) bond motifs is 3. The first-order valence-electron chi connectivity index (χ1n) is 5.79. The summed E-state index contributed by atoms with van der Waals surface area (Å²) in [5, 5.41) is 3.68. The molecule has 0 bridgehead atoms. The molecule has 0 radical (unpaired) electrons. The largest absolute Gasteiger partial charge is 0.497 e. The van der Waals surface area contributed by atoms with Gasteiger partial charge in [0.15, 0.2) is 0 Å². The van der Waals surface area contributed by atoms with E-state index in [1.165, 1.54) is 0 Å². The number of methoxy groups -OCH3 is 2. The quantitative estimate of drug-likeness (QED) is 0.843. The second-order valence-corrected chi connectivity index (χ2v) is 4.24. The zero-order valence-corrected chi connectivity index (χ0v) is 10.3. The van der Waals surface area contributed by atoms with Gasteiger partial charge in [0.1, 0.15) is 11.5 Å². The van der Waals surface area contributed by atoms with Gasteiger partial charge in [-0.2, -0.15) is 0 Å². The highest BCUT2D eigenvalue weighted by atomic mass is 16.5. The molecule has 2 heterocycles. The minimum atomic E-state index is -0.0500. The predicted molar refractivity (Wildman–Crippen MR) is 67.4 cm³/mol. The van der Waals surface area contributed by atoms with Crippen molar-refractivity contribution in [2.45, 2.75) is 6.42 Å². The van der Waals surface area contributed by atoms with E-state index in [9.17, 15) is 4.79 Å². The highest BCUT2D eigenvalue weighted by Crippen LogP contribution is 2.36. The van der Waals surface area contributed by atoms with Gasteiger partial charge in [0, 0.05) is 30.8 Å². The van der Waals surface area contributed by atoms with Crippen LogP contribution in [0.4, 0.5) is 0 Å². The number of carbonyl (C=O) groups excluding carboxylic acids is 1. The number of carbonyl (C=O) groups is 1. The summed E-state index contributed by atoms with van der Waals surface area (Å²) in [7, 11) is 3.20. The summed E-state index contributed by atoms with van der Waals surface area (Å²) in [5.41, 5.74) is 2.52. The van der Waals surface area contributed by atoms with Crippen molar-refractivity contribution < 1.29 is 14.3 Å². The normalized spacial score (nSPS) is 14.2. The van der Waals surface area contributed by atoms with Crippen molar-refractivity contribution in [1.82, 2.24) is 10.3 Å². The molecule has 94 valence electrons. The third-order valence-corrected chi connectivity index (χ3v) is 3.26. The summed E-state index contributed by atoms with van der Waals surface area (Å²) in [6.07, 6.45) is 0.807. The molecule has 3 rings (SSSR count). The molecule has 5 heteroatoms. The maximum atomic E-state index is 12.0. The number of ether oxygens (including phenoxy) is 2. The molecule has 0 unspecified atom stereocenters. The lowest BCUT2D eigenvalue weighted by molar-refractivity contribution is 0.0947. The number of aromatic nitrogens is 1. The van der Waals surface area contributed by atoms with E-state index < -0.39 is 0 Å². The molecule has 0 spiro atoms. The van der Waals surface area contributed by atoms with Crippen molar-refractivity contribution >= 4 is 16.8 Å². The Labute approximate surface area is 104 Å². The van der Waals surface area contributed by atoms with Crippen LogP contribution in [0.1, 0.15) is 16.1 Å². The third-order valence-electron chi connectivity index (χ3n) is 3.26. The number of H-pyrrole nitrogens is 1. The van der Waals surface area contributed by atoms with Crippen LogP contribution in [0, 0.1) is 0 Å². The molecule has 2 N–H and O–H groups in total. The summed E-state index contributed by atoms with van der Waals surface area (Å²) >= 11 is 0. The molecule has 0 aliphatic carbocycles. The zero-order valence-electron chi connectivity index (χ0n) is 10.3. The van der Waals surface area contributed by atoms with Crippen molar-refractivity contribution in [3.8, 4) is 11.5 Å². The molecule has 1 aromatic heterocycles. The van der Waals surface area contributed by atoms with E-state index in [1.807, 2.05) is 6.07 Å². The fourth-order valence-electron chi connectivity index (χ4n) is 2.43. The van der Waals surface area contributed by atoms with Gasteiger partial charge in [0.25, 0.3) is 5.91 Å². The lowest BCUT2D eigenvalue weighted by Crippen LogP contribution is -2.31. The zero-order chi connectivity index (χ0) is 12.7. The van der Waals surface area contributed by atoms with E-state index >= 15 is 0 Å². The maximum absolute atomic E-state index is 12.0.